The van der Waals surface area contributed by atoms with E-state index in [0.717, 1.165) is 31.6 Å². The number of amides is 1. The highest BCUT2D eigenvalue weighted by molar-refractivity contribution is 6.31. The summed E-state index contributed by atoms with van der Waals surface area (Å²) in [6, 6.07) is 12.3. The van der Waals surface area contributed by atoms with Crippen LogP contribution in [0.3, 0.4) is 0 Å². The van der Waals surface area contributed by atoms with E-state index in [4.69, 9.17) is 11.6 Å². The largest absolute Gasteiger partial charge is 0.478 e. The Bertz CT molecular complexity index is 951. The maximum atomic E-state index is 12.8. The number of carbonyl (C=O) groups is 2. The van der Waals surface area contributed by atoms with Gasteiger partial charge in [0.25, 0.3) is 5.91 Å². The summed E-state index contributed by atoms with van der Waals surface area (Å²) in [6.07, 6.45) is 6.05. The third-order valence-corrected chi connectivity index (χ3v) is 6.53. The lowest BCUT2D eigenvalue weighted by atomic mass is 9.99. The van der Waals surface area contributed by atoms with Crippen LogP contribution in [0.1, 0.15) is 52.8 Å². The molecule has 0 unspecified atom stereocenters. The van der Waals surface area contributed by atoms with Crippen molar-refractivity contribution in [1.82, 2.24) is 4.90 Å². The van der Waals surface area contributed by atoms with Gasteiger partial charge < -0.3 is 20.2 Å². The SMILES string of the molecule is O=C(O)c1ccc(N2CCC(N3CCCCC3)CC2)c(NC(=O)c2cccc(Cl)c2)c1. The van der Waals surface area contributed by atoms with Crippen molar-refractivity contribution in [3.8, 4) is 0 Å². The number of hydrogen-bond acceptors (Lipinski definition) is 4. The van der Waals surface area contributed by atoms with Crippen LogP contribution in [0.4, 0.5) is 11.4 Å². The molecule has 0 aromatic heterocycles. The number of carboxylic acids is 1. The fourth-order valence-corrected chi connectivity index (χ4v) is 4.81. The minimum absolute atomic E-state index is 0.147. The van der Waals surface area contributed by atoms with Crippen molar-refractivity contribution < 1.29 is 14.7 Å². The zero-order valence-corrected chi connectivity index (χ0v) is 18.3. The molecule has 0 bridgehead atoms. The summed E-state index contributed by atoms with van der Waals surface area (Å²) in [4.78, 5) is 29.2. The average molecular weight is 442 g/mol. The van der Waals surface area contributed by atoms with Gasteiger partial charge in [0.2, 0.25) is 0 Å². The summed E-state index contributed by atoms with van der Waals surface area (Å²) < 4.78 is 0. The minimum atomic E-state index is -1.02. The second-order valence-electron chi connectivity index (χ2n) is 8.32. The molecule has 2 aliphatic heterocycles. The molecule has 2 fully saturated rings. The lowest BCUT2D eigenvalue weighted by molar-refractivity contribution is 0.0696. The molecule has 2 aliphatic rings. The number of aromatic carboxylic acids is 1. The van der Waals surface area contributed by atoms with Crippen LogP contribution in [-0.4, -0.2) is 54.1 Å². The van der Waals surface area contributed by atoms with Crippen LogP contribution >= 0.6 is 11.6 Å². The van der Waals surface area contributed by atoms with Crippen molar-refractivity contribution in [1.29, 1.82) is 0 Å². The Balaban J connectivity index is 1.52. The highest BCUT2D eigenvalue weighted by atomic mass is 35.5. The first-order valence-corrected chi connectivity index (χ1v) is 11.3. The van der Waals surface area contributed by atoms with E-state index in [9.17, 15) is 14.7 Å². The van der Waals surface area contributed by atoms with E-state index >= 15 is 0 Å². The smallest absolute Gasteiger partial charge is 0.335 e. The van der Waals surface area contributed by atoms with Gasteiger partial charge in [0.1, 0.15) is 0 Å². The molecular weight excluding hydrogens is 414 g/mol. The molecule has 2 N–H and O–H groups in total. The van der Waals surface area contributed by atoms with Gasteiger partial charge in [-0.2, -0.15) is 0 Å². The topological polar surface area (TPSA) is 72.9 Å². The third kappa shape index (κ3) is 5.20. The second kappa shape index (κ2) is 9.71. The third-order valence-electron chi connectivity index (χ3n) is 6.29. The number of nitrogens with zero attached hydrogens (tertiary/aromatic N) is 2. The Morgan fingerprint density at radius 3 is 2.35 bits per heavy atom. The summed E-state index contributed by atoms with van der Waals surface area (Å²) in [5.41, 5.74) is 1.95. The first kappa shape index (κ1) is 21.7. The van der Waals surface area contributed by atoms with E-state index < -0.39 is 5.97 Å². The van der Waals surface area contributed by atoms with Gasteiger partial charge in [-0.15, -0.1) is 0 Å². The Morgan fingerprint density at radius 2 is 1.68 bits per heavy atom. The number of anilines is 2. The summed E-state index contributed by atoms with van der Waals surface area (Å²) in [5.74, 6) is -1.33. The maximum Gasteiger partial charge on any atom is 0.335 e. The van der Waals surface area contributed by atoms with E-state index in [1.54, 1.807) is 36.4 Å². The number of halogens is 1. The first-order valence-electron chi connectivity index (χ1n) is 10.9. The summed E-state index contributed by atoms with van der Waals surface area (Å²) >= 11 is 6.02. The molecule has 164 valence electrons. The van der Waals surface area contributed by atoms with Gasteiger partial charge >= 0.3 is 5.97 Å². The lowest BCUT2D eigenvalue weighted by Crippen LogP contribution is -2.46. The molecule has 2 heterocycles. The van der Waals surface area contributed by atoms with Gasteiger partial charge in [-0.05, 0) is 75.2 Å². The number of carbonyl (C=O) groups excluding carboxylic acids is 1. The van der Waals surface area contributed by atoms with Crippen LogP contribution in [0.5, 0.6) is 0 Å². The molecule has 0 saturated carbocycles. The zero-order valence-electron chi connectivity index (χ0n) is 17.5. The highest BCUT2D eigenvalue weighted by Crippen LogP contribution is 2.32. The van der Waals surface area contributed by atoms with Crippen LogP contribution in [0.25, 0.3) is 0 Å². The van der Waals surface area contributed by atoms with Gasteiger partial charge in [0.15, 0.2) is 0 Å². The van der Waals surface area contributed by atoms with Crippen LogP contribution in [0, 0.1) is 0 Å². The molecule has 2 aromatic carbocycles. The fourth-order valence-electron chi connectivity index (χ4n) is 4.62. The first-order chi connectivity index (χ1) is 15.0. The molecule has 31 heavy (non-hydrogen) atoms. The summed E-state index contributed by atoms with van der Waals surface area (Å²) in [5, 5.41) is 12.8. The predicted molar refractivity (Wildman–Crippen MR) is 123 cm³/mol. The number of likely N-dealkylation sites (tertiary alicyclic amines) is 1. The molecule has 0 radical (unpaired) electrons. The number of rotatable bonds is 5. The average Bonchev–Trinajstić information content (AvgIpc) is 2.80. The number of nitrogens with one attached hydrogen (secondary N) is 1. The Hall–Kier alpha value is -2.57. The molecule has 0 atom stereocenters. The Kier molecular flexibility index (Phi) is 6.78. The van der Waals surface area contributed by atoms with E-state index in [1.807, 2.05) is 0 Å². The van der Waals surface area contributed by atoms with Crippen molar-refractivity contribution in [3.05, 3.63) is 58.6 Å². The molecular formula is C24H28ClN3O3. The quantitative estimate of drug-likeness (QED) is 0.700. The predicted octanol–water partition coefficient (Wildman–Crippen LogP) is 4.75. The second-order valence-corrected chi connectivity index (χ2v) is 8.75. The zero-order chi connectivity index (χ0) is 21.8. The number of hydrogen-bond donors (Lipinski definition) is 2. The van der Waals surface area contributed by atoms with E-state index in [0.29, 0.717) is 22.3 Å². The monoisotopic (exact) mass is 441 g/mol. The van der Waals surface area contributed by atoms with Gasteiger partial charge in [-0.25, -0.2) is 4.79 Å². The van der Waals surface area contributed by atoms with Gasteiger partial charge in [-0.1, -0.05) is 24.1 Å². The molecule has 0 aliphatic carbocycles. The van der Waals surface area contributed by atoms with Crippen molar-refractivity contribution in [3.63, 3.8) is 0 Å². The highest BCUT2D eigenvalue weighted by Gasteiger charge is 2.27. The molecule has 7 heteroatoms. The number of benzene rings is 2. The van der Waals surface area contributed by atoms with Crippen molar-refractivity contribution in [2.45, 2.75) is 38.1 Å². The van der Waals surface area contributed by atoms with Gasteiger partial charge in [-0.3, -0.25) is 4.79 Å². The normalized spacial score (nSPS) is 18.0. The molecule has 2 saturated heterocycles. The van der Waals surface area contributed by atoms with Crippen LogP contribution in [-0.2, 0) is 0 Å². The van der Waals surface area contributed by atoms with Crippen molar-refractivity contribution in [2.75, 3.05) is 36.4 Å². The van der Waals surface area contributed by atoms with Gasteiger partial charge in [0.05, 0.1) is 16.9 Å². The van der Waals surface area contributed by atoms with Gasteiger partial charge in [0, 0.05) is 29.7 Å². The van der Waals surface area contributed by atoms with E-state index in [2.05, 4.69) is 15.1 Å². The minimum Gasteiger partial charge on any atom is -0.478 e. The van der Waals surface area contributed by atoms with E-state index in [1.165, 1.54) is 38.4 Å². The molecule has 0 spiro atoms. The lowest BCUT2D eigenvalue weighted by Gasteiger charge is -2.41. The fraction of sp³-hybridized carbons (Fsp3) is 0.417. The molecule has 2 aromatic rings. The van der Waals surface area contributed by atoms with E-state index in [-0.39, 0.29) is 11.5 Å². The standard InChI is InChI=1S/C24H28ClN3O3/c25-19-6-4-5-17(15-19)23(29)26-21-16-18(24(30)31)7-8-22(21)28-13-9-20(10-14-28)27-11-2-1-3-12-27/h4-8,15-16,20H,1-3,9-14H2,(H,26,29)(H,30,31). The number of carboxylic acid groups (broad SMARTS) is 1. The number of piperidine rings is 2. The Morgan fingerprint density at radius 1 is 0.935 bits per heavy atom. The molecule has 6 nitrogen and oxygen atoms in total. The van der Waals surface area contributed by atoms with Crippen molar-refractivity contribution in [2.24, 2.45) is 0 Å². The molecule has 1 amide bonds. The van der Waals surface area contributed by atoms with Crippen LogP contribution in [0.2, 0.25) is 5.02 Å². The maximum absolute atomic E-state index is 12.8. The van der Waals surface area contributed by atoms with Crippen molar-refractivity contribution >= 4 is 34.9 Å². The van der Waals surface area contributed by atoms with Crippen LogP contribution in [0.15, 0.2) is 42.5 Å². The summed E-state index contributed by atoms with van der Waals surface area (Å²) in [7, 11) is 0. The Labute approximate surface area is 187 Å². The molecule has 4 rings (SSSR count). The summed E-state index contributed by atoms with van der Waals surface area (Å²) in [6.45, 7) is 4.15. The van der Waals surface area contributed by atoms with Crippen LogP contribution < -0.4 is 10.2 Å².